The second kappa shape index (κ2) is 5.41. The van der Waals surface area contributed by atoms with Crippen molar-refractivity contribution in [2.24, 2.45) is 0 Å². The van der Waals surface area contributed by atoms with Gasteiger partial charge in [0.15, 0.2) is 0 Å². The lowest BCUT2D eigenvalue weighted by molar-refractivity contribution is 0.0936. The van der Waals surface area contributed by atoms with E-state index in [1.807, 2.05) is 48.8 Å². The fourth-order valence-electron chi connectivity index (χ4n) is 2.09. The van der Waals surface area contributed by atoms with Gasteiger partial charge in [-0.15, -0.1) is 11.3 Å². The van der Waals surface area contributed by atoms with E-state index in [1.165, 1.54) is 0 Å². The molecule has 0 aliphatic heterocycles. The van der Waals surface area contributed by atoms with Crippen molar-refractivity contribution in [1.82, 2.24) is 20.2 Å². The molecule has 0 radical (unpaired) electrons. The Hall–Kier alpha value is -2.60. The van der Waals surface area contributed by atoms with Gasteiger partial charge in [0.2, 0.25) is 0 Å². The highest BCUT2D eigenvalue weighted by Crippen LogP contribution is 2.15. The van der Waals surface area contributed by atoms with Crippen LogP contribution in [0.2, 0.25) is 0 Å². The van der Waals surface area contributed by atoms with E-state index in [-0.39, 0.29) is 5.91 Å². The number of pyridine rings is 1. The van der Waals surface area contributed by atoms with Crippen molar-refractivity contribution < 1.29 is 4.79 Å². The van der Waals surface area contributed by atoms with Crippen LogP contribution in [0.4, 0.5) is 0 Å². The summed E-state index contributed by atoms with van der Waals surface area (Å²) in [7, 11) is 0. The average Bonchev–Trinajstić information content (AvgIpc) is 3.10. The van der Waals surface area contributed by atoms with Crippen LogP contribution in [0.1, 0.15) is 21.1 Å². The number of amides is 1. The Kier molecular flexibility index (Phi) is 3.45. The topological polar surface area (TPSA) is 58.4 Å². The van der Waals surface area contributed by atoms with E-state index in [9.17, 15) is 4.79 Å². The first-order valence-electron chi connectivity index (χ1n) is 6.39. The molecule has 0 saturated carbocycles. The summed E-state index contributed by atoms with van der Waals surface area (Å²) in [4.78, 5) is 17.7. The molecular weight excluding hydrogens is 284 g/mol. The monoisotopic (exact) mass is 298 g/mol. The molecule has 5 nitrogen and oxygen atoms in total. The third-order valence-corrected chi connectivity index (χ3v) is 3.99. The van der Waals surface area contributed by atoms with Crippen molar-refractivity contribution in [2.75, 3.05) is 0 Å². The predicted molar refractivity (Wildman–Crippen MR) is 83.9 cm³/mol. The molecule has 3 aromatic heterocycles. The number of rotatable bonds is 4. The lowest BCUT2D eigenvalue weighted by atomic mass is 10.3. The van der Waals surface area contributed by atoms with Crippen molar-refractivity contribution in [1.29, 1.82) is 0 Å². The smallest absolute Gasteiger partial charge is 0.288 e. The van der Waals surface area contributed by atoms with Crippen LogP contribution in [0.15, 0.2) is 48.5 Å². The number of nitrogens with one attached hydrogen (secondary N) is 2. The van der Waals surface area contributed by atoms with E-state index in [1.54, 1.807) is 15.7 Å². The molecule has 3 rings (SSSR count). The Morgan fingerprint density at radius 3 is 2.90 bits per heavy atom. The van der Waals surface area contributed by atoms with Crippen LogP contribution < -0.4 is 10.9 Å². The average molecular weight is 298 g/mol. The van der Waals surface area contributed by atoms with Gasteiger partial charge in [0.1, 0.15) is 11.3 Å². The number of hydrazine groups is 1. The zero-order valence-corrected chi connectivity index (χ0v) is 12.3. The Balaban J connectivity index is 1.78. The maximum absolute atomic E-state index is 12.3. The van der Waals surface area contributed by atoms with E-state index in [0.717, 1.165) is 10.5 Å². The molecule has 0 fully saturated rings. The van der Waals surface area contributed by atoms with Crippen molar-refractivity contribution in [2.45, 2.75) is 6.92 Å². The van der Waals surface area contributed by atoms with E-state index < -0.39 is 0 Å². The van der Waals surface area contributed by atoms with Crippen LogP contribution in [0.3, 0.4) is 0 Å². The number of hydrogen-bond acceptors (Lipinski definition) is 4. The van der Waals surface area contributed by atoms with Crippen molar-refractivity contribution >= 4 is 28.6 Å². The minimum atomic E-state index is -0.246. The molecule has 0 atom stereocenters. The minimum absolute atomic E-state index is 0.246. The van der Waals surface area contributed by atoms with Gasteiger partial charge in [-0.1, -0.05) is 18.7 Å². The molecule has 106 valence electrons. The summed E-state index contributed by atoms with van der Waals surface area (Å²) in [6.07, 6.45) is 1.82. The van der Waals surface area contributed by atoms with Gasteiger partial charge in [0, 0.05) is 6.20 Å². The van der Waals surface area contributed by atoms with E-state index in [4.69, 9.17) is 0 Å². The second-order valence-electron chi connectivity index (χ2n) is 4.51. The van der Waals surface area contributed by atoms with Crippen LogP contribution in [-0.2, 0) is 0 Å². The van der Waals surface area contributed by atoms with E-state index in [2.05, 4.69) is 22.4 Å². The van der Waals surface area contributed by atoms with Crippen molar-refractivity contribution in [3.63, 3.8) is 0 Å². The highest BCUT2D eigenvalue weighted by atomic mass is 32.1. The summed E-state index contributed by atoms with van der Waals surface area (Å²) in [6.45, 7) is 5.71. The molecule has 2 N–H and O–H groups in total. The summed E-state index contributed by atoms with van der Waals surface area (Å²) in [6, 6.07) is 9.49. The molecule has 21 heavy (non-hydrogen) atoms. The van der Waals surface area contributed by atoms with Gasteiger partial charge in [0.05, 0.1) is 16.3 Å². The van der Waals surface area contributed by atoms with Crippen LogP contribution in [0.5, 0.6) is 0 Å². The van der Waals surface area contributed by atoms with Gasteiger partial charge in [-0.05, 0) is 30.5 Å². The fraction of sp³-hybridized carbons (Fsp3) is 0.0667. The highest BCUT2D eigenvalue weighted by Gasteiger charge is 2.16. The lowest BCUT2D eigenvalue weighted by Gasteiger charge is -2.10. The molecule has 0 saturated heterocycles. The number of nitrogens with zero attached hydrogens (tertiary/aromatic N) is 2. The second-order valence-corrected chi connectivity index (χ2v) is 5.46. The number of fused-ring (bicyclic) bond motifs is 1. The number of hydrogen-bond donors (Lipinski definition) is 2. The number of aromatic nitrogens is 2. The SMILES string of the molecule is C=C(NNC(=O)c1c(C)nc2ccccn12)c1cccs1. The molecular formula is C15H14N4OS. The Morgan fingerprint density at radius 1 is 1.29 bits per heavy atom. The van der Waals surface area contributed by atoms with Gasteiger partial charge in [0.25, 0.3) is 5.91 Å². The van der Waals surface area contributed by atoms with Gasteiger partial charge in [-0.2, -0.15) is 0 Å². The third kappa shape index (κ3) is 2.53. The van der Waals surface area contributed by atoms with Gasteiger partial charge in [-0.25, -0.2) is 4.98 Å². The van der Waals surface area contributed by atoms with Gasteiger partial charge < -0.3 is 0 Å². The zero-order chi connectivity index (χ0) is 14.8. The van der Waals surface area contributed by atoms with E-state index >= 15 is 0 Å². The summed E-state index contributed by atoms with van der Waals surface area (Å²) in [5.41, 5.74) is 8.10. The molecule has 0 spiro atoms. The predicted octanol–water partition coefficient (Wildman–Crippen LogP) is 2.61. The maximum Gasteiger partial charge on any atom is 0.288 e. The minimum Gasteiger partial charge on any atom is -0.297 e. The zero-order valence-electron chi connectivity index (χ0n) is 11.5. The Morgan fingerprint density at radius 2 is 2.14 bits per heavy atom. The van der Waals surface area contributed by atoms with Gasteiger partial charge in [-0.3, -0.25) is 20.0 Å². The molecule has 3 heterocycles. The fourth-order valence-corrected chi connectivity index (χ4v) is 2.74. The first-order chi connectivity index (χ1) is 10.2. The third-order valence-electron chi connectivity index (χ3n) is 3.06. The number of thiophene rings is 1. The molecule has 0 aliphatic carbocycles. The molecule has 6 heteroatoms. The van der Waals surface area contributed by atoms with E-state index in [0.29, 0.717) is 17.1 Å². The molecule has 0 bridgehead atoms. The highest BCUT2D eigenvalue weighted by molar-refractivity contribution is 7.11. The largest absolute Gasteiger partial charge is 0.297 e. The molecule has 3 aromatic rings. The van der Waals surface area contributed by atoms with Crippen LogP contribution in [-0.4, -0.2) is 15.3 Å². The first kappa shape index (κ1) is 13.4. The molecule has 1 amide bonds. The standard InChI is InChI=1S/C15H14N4OS/c1-10(12-6-5-9-21-12)17-18-15(20)14-11(2)16-13-7-3-4-8-19(13)14/h3-9,17H,1H2,2H3,(H,18,20). The summed E-state index contributed by atoms with van der Waals surface area (Å²) < 4.78 is 1.76. The number of carbonyl (C=O) groups is 1. The number of carbonyl (C=O) groups excluding carboxylic acids is 1. The Bertz CT molecular complexity index is 804. The van der Waals surface area contributed by atoms with Crippen LogP contribution >= 0.6 is 11.3 Å². The van der Waals surface area contributed by atoms with Crippen molar-refractivity contribution in [3.8, 4) is 0 Å². The Labute approximate surface area is 125 Å². The summed E-state index contributed by atoms with van der Waals surface area (Å²) in [5.74, 6) is -0.246. The number of imidazole rings is 1. The maximum atomic E-state index is 12.3. The quantitative estimate of drug-likeness (QED) is 0.728. The first-order valence-corrected chi connectivity index (χ1v) is 7.27. The molecule has 0 aromatic carbocycles. The lowest BCUT2D eigenvalue weighted by Crippen LogP contribution is -2.36. The summed E-state index contributed by atoms with van der Waals surface area (Å²) >= 11 is 1.55. The normalized spacial score (nSPS) is 10.5. The van der Waals surface area contributed by atoms with Gasteiger partial charge >= 0.3 is 0 Å². The van der Waals surface area contributed by atoms with Crippen molar-refractivity contribution in [3.05, 3.63) is 64.8 Å². The van der Waals surface area contributed by atoms with Crippen LogP contribution in [0.25, 0.3) is 11.3 Å². The molecule has 0 unspecified atom stereocenters. The molecule has 0 aliphatic rings. The van der Waals surface area contributed by atoms with Crippen LogP contribution in [0, 0.1) is 6.92 Å². The number of aryl methyl sites for hydroxylation is 1. The summed E-state index contributed by atoms with van der Waals surface area (Å²) in [5, 5.41) is 1.96.